The van der Waals surface area contributed by atoms with Crippen LogP contribution >= 0.6 is 0 Å². The molecule has 2 aliphatic rings. The molecule has 2 N–H and O–H groups in total. The third-order valence-electron chi connectivity index (χ3n) is 4.36. The SMILES string of the molecule is C[C@H]1CC[C@]2(C)C(=CC(=O)C[C@H]2O)C=C1CO. The Labute approximate surface area is 102 Å². The number of fused-ring (bicyclic) bond motifs is 1. The minimum Gasteiger partial charge on any atom is -0.392 e. The highest BCUT2D eigenvalue weighted by Gasteiger charge is 2.41. The highest BCUT2D eigenvalue weighted by molar-refractivity contribution is 5.92. The van der Waals surface area contributed by atoms with Crippen molar-refractivity contribution in [1.29, 1.82) is 0 Å². The predicted molar refractivity (Wildman–Crippen MR) is 65.4 cm³/mol. The van der Waals surface area contributed by atoms with Gasteiger partial charge in [0.25, 0.3) is 0 Å². The quantitative estimate of drug-likeness (QED) is 0.727. The van der Waals surface area contributed by atoms with Crippen LogP contribution in [0.3, 0.4) is 0 Å². The number of carbonyl (C=O) groups is 1. The number of rotatable bonds is 1. The molecular formula is C14H20O3. The maximum absolute atomic E-state index is 11.5. The van der Waals surface area contributed by atoms with Gasteiger partial charge < -0.3 is 10.2 Å². The summed E-state index contributed by atoms with van der Waals surface area (Å²) in [5.41, 5.74) is 1.51. The first kappa shape index (κ1) is 12.5. The normalized spacial score (nSPS) is 38.0. The van der Waals surface area contributed by atoms with Crippen molar-refractivity contribution in [2.24, 2.45) is 11.3 Å². The molecule has 0 aromatic carbocycles. The highest BCUT2D eigenvalue weighted by Crippen LogP contribution is 2.45. The Morgan fingerprint density at radius 2 is 2.18 bits per heavy atom. The molecule has 0 amide bonds. The van der Waals surface area contributed by atoms with Gasteiger partial charge in [0.2, 0.25) is 0 Å². The topological polar surface area (TPSA) is 57.5 Å². The molecule has 0 saturated heterocycles. The molecule has 0 aromatic heterocycles. The molecular weight excluding hydrogens is 216 g/mol. The average molecular weight is 236 g/mol. The van der Waals surface area contributed by atoms with Crippen molar-refractivity contribution in [1.82, 2.24) is 0 Å². The van der Waals surface area contributed by atoms with Gasteiger partial charge in [-0.05, 0) is 36.0 Å². The first-order chi connectivity index (χ1) is 7.97. The van der Waals surface area contributed by atoms with Gasteiger partial charge in [-0.2, -0.15) is 0 Å². The number of hydrogen-bond donors (Lipinski definition) is 2. The molecule has 94 valence electrons. The zero-order valence-electron chi connectivity index (χ0n) is 10.4. The van der Waals surface area contributed by atoms with Crippen LogP contribution in [0.4, 0.5) is 0 Å². The second kappa shape index (κ2) is 4.39. The number of ketones is 1. The van der Waals surface area contributed by atoms with E-state index in [2.05, 4.69) is 6.92 Å². The summed E-state index contributed by atoms with van der Waals surface area (Å²) in [6, 6.07) is 0. The second-order valence-electron chi connectivity index (χ2n) is 5.52. The standard InChI is InChI=1S/C14H20O3/c1-9-3-4-14(2)11(5-10(9)8-15)6-12(16)7-13(14)17/h5-6,9,13,15,17H,3-4,7-8H2,1-2H3/t9-,13+,14+/m0/s1. The van der Waals surface area contributed by atoms with E-state index in [0.717, 1.165) is 24.0 Å². The Hall–Kier alpha value is -0.930. The number of aliphatic hydroxyl groups excluding tert-OH is 2. The molecule has 0 aromatic rings. The lowest BCUT2D eigenvalue weighted by atomic mass is 9.69. The lowest BCUT2D eigenvalue weighted by molar-refractivity contribution is -0.119. The Balaban J connectivity index is 2.47. The minimum atomic E-state index is -0.600. The smallest absolute Gasteiger partial charge is 0.158 e. The highest BCUT2D eigenvalue weighted by atomic mass is 16.3. The minimum absolute atomic E-state index is 0.0203. The fraction of sp³-hybridized carbons (Fsp3) is 0.643. The predicted octanol–water partition coefficient (Wildman–Crippen LogP) is 1.60. The molecule has 0 heterocycles. The average Bonchev–Trinajstić information content (AvgIpc) is 2.40. The van der Waals surface area contributed by atoms with E-state index in [1.807, 2.05) is 13.0 Å². The van der Waals surface area contributed by atoms with Crippen molar-refractivity contribution < 1.29 is 15.0 Å². The van der Waals surface area contributed by atoms with Crippen LogP contribution in [0, 0.1) is 11.3 Å². The molecule has 3 atom stereocenters. The summed E-state index contributed by atoms with van der Waals surface area (Å²) in [4.78, 5) is 11.5. The van der Waals surface area contributed by atoms with E-state index in [9.17, 15) is 15.0 Å². The zero-order valence-corrected chi connectivity index (χ0v) is 10.4. The Kier molecular flexibility index (Phi) is 3.23. The first-order valence-electron chi connectivity index (χ1n) is 6.22. The zero-order chi connectivity index (χ0) is 12.6. The van der Waals surface area contributed by atoms with E-state index in [1.165, 1.54) is 0 Å². The van der Waals surface area contributed by atoms with Crippen molar-refractivity contribution >= 4 is 5.78 Å². The maximum Gasteiger partial charge on any atom is 0.158 e. The molecule has 0 fully saturated rings. The number of allylic oxidation sites excluding steroid dienone is 2. The van der Waals surface area contributed by atoms with Crippen molar-refractivity contribution in [2.75, 3.05) is 6.61 Å². The van der Waals surface area contributed by atoms with Crippen LogP contribution in [0.15, 0.2) is 23.3 Å². The fourth-order valence-corrected chi connectivity index (χ4v) is 2.77. The molecule has 0 bridgehead atoms. The van der Waals surface area contributed by atoms with Crippen molar-refractivity contribution in [3.63, 3.8) is 0 Å². The number of carbonyl (C=O) groups excluding carboxylic acids is 1. The molecule has 2 aliphatic carbocycles. The van der Waals surface area contributed by atoms with Gasteiger partial charge in [-0.3, -0.25) is 4.79 Å². The van der Waals surface area contributed by atoms with Crippen LogP contribution in [0.25, 0.3) is 0 Å². The molecule has 3 nitrogen and oxygen atoms in total. The first-order valence-corrected chi connectivity index (χ1v) is 6.22. The lowest BCUT2D eigenvalue weighted by Crippen LogP contribution is -2.38. The van der Waals surface area contributed by atoms with Gasteiger partial charge in [-0.15, -0.1) is 0 Å². The van der Waals surface area contributed by atoms with E-state index in [4.69, 9.17) is 0 Å². The maximum atomic E-state index is 11.5. The Bertz CT molecular complexity index is 394. The number of hydrogen-bond acceptors (Lipinski definition) is 3. The molecule has 2 rings (SSSR count). The number of aliphatic hydroxyl groups is 2. The van der Waals surface area contributed by atoms with Gasteiger partial charge in [0, 0.05) is 11.8 Å². The van der Waals surface area contributed by atoms with Crippen LogP contribution in [0.1, 0.15) is 33.1 Å². The van der Waals surface area contributed by atoms with Gasteiger partial charge >= 0.3 is 0 Å². The van der Waals surface area contributed by atoms with E-state index in [-0.39, 0.29) is 24.2 Å². The van der Waals surface area contributed by atoms with Gasteiger partial charge in [0.05, 0.1) is 12.7 Å². The molecule has 0 spiro atoms. The van der Waals surface area contributed by atoms with Crippen LogP contribution in [-0.2, 0) is 4.79 Å². The van der Waals surface area contributed by atoms with Gasteiger partial charge in [-0.1, -0.05) is 19.9 Å². The summed E-state index contributed by atoms with van der Waals surface area (Å²) < 4.78 is 0. The molecule has 17 heavy (non-hydrogen) atoms. The van der Waals surface area contributed by atoms with E-state index >= 15 is 0 Å². The van der Waals surface area contributed by atoms with Crippen LogP contribution in [0.2, 0.25) is 0 Å². The van der Waals surface area contributed by atoms with Crippen LogP contribution in [-0.4, -0.2) is 28.7 Å². The largest absolute Gasteiger partial charge is 0.392 e. The van der Waals surface area contributed by atoms with Crippen LogP contribution < -0.4 is 0 Å². The van der Waals surface area contributed by atoms with Gasteiger partial charge in [0.1, 0.15) is 0 Å². The summed E-state index contributed by atoms with van der Waals surface area (Å²) in [6.07, 6.45) is 4.96. The van der Waals surface area contributed by atoms with Crippen molar-refractivity contribution in [2.45, 2.75) is 39.2 Å². The fourth-order valence-electron chi connectivity index (χ4n) is 2.77. The summed E-state index contributed by atoms with van der Waals surface area (Å²) >= 11 is 0. The summed E-state index contributed by atoms with van der Waals surface area (Å²) in [6.45, 7) is 4.12. The second-order valence-corrected chi connectivity index (χ2v) is 5.52. The molecule has 3 heteroatoms. The third kappa shape index (κ3) is 2.09. The Morgan fingerprint density at radius 3 is 2.82 bits per heavy atom. The molecule has 0 radical (unpaired) electrons. The monoisotopic (exact) mass is 236 g/mol. The van der Waals surface area contributed by atoms with Gasteiger partial charge in [0.15, 0.2) is 5.78 Å². The summed E-state index contributed by atoms with van der Waals surface area (Å²) in [7, 11) is 0. The molecule has 0 saturated carbocycles. The van der Waals surface area contributed by atoms with E-state index < -0.39 is 6.10 Å². The molecule has 0 aliphatic heterocycles. The van der Waals surface area contributed by atoms with Crippen molar-refractivity contribution in [3.05, 3.63) is 23.3 Å². The van der Waals surface area contributed by atoms with E-state index in [0.29, 0.717) is 5.92 Å². The third-order valence-corrected chi connectivity index (χ3v) is 4.36. The Morgan fingerprint density at radius 1 is 1.47 bits per heavy atom. The summed E-state index contributed by atoms with van der Waals surface area (Å²) in [5.74, 6) is 0.290. The summed E-state index contributed by atoms with van der Waals surface area (Å²) in [5, 5.41) is 19.5. The van der Waals surface area contributed by atoms with E-state index in [1.54, 1.807) is 6.08 Å². The van der Waals surface area contributed by atoms with Crippen molar-refractivity contribution in [3.8, 4) is 0 Å². The van der Waals surface area contributed by atoms with Crippen LogP contribution in [0.5, 0.6) is 0 Å². The lowest BCUT2D eigenvalue weighted by Gasteiger charge is -2.37. The molecule has 0 unspecified atom stereocenters. The van der Waals surface area contributed by atoms with Gasteiger partial charge in [-0.25, -0.2) is 0 Å².